The molecule has 1 N–H and O–H groups in total. The molecule has 28 heavy (non-hydrogen) atoms. The van der Waals surface area contributed by atoms with Crippen LogP contribution in [0, 0.1) is 0 Å². The van der Waals surface area contributed by atoms with Crippen molar-refractivity contribution in [1.82, 2.24) is 19.3 Å². The first-order valence-corrected chi connectivity index (χ1v) is 9.45. The van der Waals surface area contributed by atoms with Gasteiger partial charge < -0.3 is 9.67 Å². The number of rotatable bonds is 6. The number of carbonyl (C=O) groups is 1. The van der Waals surface area contributed by atoms with E-state index in [9.17, 15) is 14.7 Å². The highest BCUT2D eigenvalue weighted by Crippen LogP contribution is 2.30. The first-order chi connectivity index (χ1) is 13.4. The van der Waals surface area contributed by atoms with Crippen LogP contribution in [0.3, 0.4) is 0 Å². The lowest BCUT2D eigenvalue weighted by Crippen LogP contribution is -2.25. The van der Waals surface area contributed by atoms with E-state index in [4.69, 9.17) is 23.2 Å². The third-order valence-electron chi connectivity index (χ3n) is 4.44. The Kier molecular flexibility index (Phi) is 5.86. The monoisotopic (exact) mass is 420 g/mol. The Morgan fingerprint density at radius 3 is 2.54 bits per heavy atom. The first-order valence-electron chi connectivity index (χ1n) is 8.69. The largest absolute Gasteiger partial charge is 0.477 e. The van der Waals surface area contributed by atoms with E-state index in [1.807, 2.05) is 13.8 Å². The summed E-state index contributed by atoms with van der Waals surface area (Å²) in [6.07, 6.45) is 2.14. The highest BCUT2D eigenvalue weighted by atomic mass is 35.5. The molecule has 7 nitrogen and oxygen atoms in total. The van der Waals surface area contributed by atoms with Gasteiger partial charge in [-0.25, -0.2) is 14.5 Å². The molecule has 0 fully saturated rings. The van der Waals surface area contributed by atoms with Gasteiger partial charge >= 0.3 is 5.97 Å². The van der Waals surface area contributed by atoms with Gasteiger partial charge in [-0.05, 0) is 19.1 Å². The summed E-state index contributed by atoms with van der Waals surface area (Å²) in [5, 5.41) is 14.5. The van der Waals surface area contributed by atoms with E-state index in [0.29, 0.717) is 35.8 Å². The van der Waals surface area contributed by atoms with Gasteiger partial charge in [0.1, 0.15) is 17.7 Å². The quantitative estimate of drug-likeness (QED) is 0.655. The number of halogens is 2. The van der Waals surface area contributed by atoms with Crippen molar-refractivity contribution in [2.24, 2.45) is 0 Å². The molecular weight excluding hydrogens is 403 g/mol. The van der Waals surface area contributed by atoms with Crippen LogP contribution in [0.15, 0.2) is 35.4 Å². The van der Waals surface area contributed by atoms with Gasteiger partial charge in [0.15, 0.2) is 5.43 Å². The van der Waals surface area contributed by atoms with Crippen molar-refractivity contribution in [1.29, 1.82) is 0 Å². The molecule has 146 valence electrons. The minimum Gasteiger partial charge on any atom is -0.477 e. The summed E-state index contributed by atoms with van der Waals surface area (Å²) in [6.45, 7) is 4.58. The molecule has 2 aromatic heterocycles. The maximum absolute atomic E-state index is 12.7. The van der Waals surface area contributed by atoms with Crippen LogP contribution in [0.1, 0.15) is 35.7 Å². The van der Waals surface area contributed by atoms with E-state index in [-0.39, 0.29) is 16.3 Å². The van der Waals surface area contributed by atoms with Gasteiger partial charge in [-0.2, -0.15) is 5.10 Å². The van der Waals surface area contributed by atoms with Gasteiger partial charge in [0.05, 0.1) is 22.3 Å². The maximum Gasteiger partial charge on any atom is 0.341 e. The molecule has 3 rings (SSSR count). The maximum atomic E-state index is 12.7. The normalized spacial score (nSPS) is 11.0. The molecule has 0 aliphatic heterocycles. The smallest absolute Gasteiger partial charge is 0.341 e. The highest BCUT2D eigenvalue weighted by Gasteiger charge is 2.22. The molecule has 2 heterocycles. The number of carboxylic acid groups (broad SMARTS) is 1. The number of benzene rings is 1. The summed E-state index contributed by atoms with van der Waals surface area (Å²) in [6, 6.07) is 6.13. The van der Waals surface area contributed by atoms with Crippen LogP contribution in [0.25, 0.3) is 11.3 Å². The number of aryl methyl sites for hydroxylation is 1. The molecule has 9 heteroatoms. The third kappa shape index (κ3) is 3.68. The lowest BCUT2D eigenvalue weighted by Gasteiger charge is -2.20. The number of aromatic carboxylic acids is 1. The lowest BCUT2D eigenvalue weighted by molar-refractivity contribution is 0.0695. The molecular formula is C19H18Cl2N4O3. The predicted molar refractivity (Wildman–Crippen MR) is 107 cm³/mol. The zero-order valence-electron chi connectivity index (χ0n) is 15.3. The second-order valence-electron chi connectivity index (χ2n) is 6.09. The molecule has 0 aliphatic carbocycles. The van der Waals surface area contributed by atoms with Crippen molar-refractivity contribution in [3.8, 4) is 11.3 Å². The van der Waals surface area contributed by atoms with Crippen molar-refractivity contribution in [2.75, 3.05) is 0 Å². The minimum atomic E-state index is -1.30. The zero-order valence-corrected chi connectivity index (χ0v) is 16.8. The van der Waals surface area contributed by atoms with E-state index in [1.54, 1.807) is 27.4 Å². The summed E-state index contributed by atoms with van der Waals surface area (Å²) >= 11 is 12.1. The summed E-state index contributed by atoms with van der Waals surface area (Å²) in [7, 11) is 0. The van der Waals surface area contributed by atoms with Gasteiger partial charge in [-0.1, -0.05) is 36.2 Å². The Bertz CT molecular complexity index is 1110. The fourth-order valence-corrected chi connectivity index (χ4v) is 3.48. The summed E-state index contributed by atoms with van der Waals surface area (Å²) in [4.78, 5) is 28.7. The van der Waals surface area contributed by atoms with Crippen LogP contribution >= 0.6 is 23.2 Å². The standard InChI is InChI=1S/C19H18Cl2N4O3/c1-3-16-22-10-23-25(16)9-12-8-15(26)17(19(27)28)18(24(12)4-2)11-5-6-13(20)14(21)7-11/h5-8,10H,3-4,9H2,1-2H3,(H,27,28). The molecule has 0 spiro atoms. The molecule has 0 bridgehead atoms. The predicted octanol–water partition coefficient (Wildman–Crippen LogP) is 3.74. The molecule has 0 saturated carbocycles. The zero-order chi connectivity index (χ0) is 20.4. The highest BCUT2D eigenvalue weighted by molar-refractivity contribution is 6.42. The molecule has 0 unspecified atom stereocenters. The van der Waals surface area contributed by atoms with E-state index in [2.05, 4.69) is 10.1 Å². The van der Waals surface area contributed by atoms with Crippen molar-refractivity contribution in [3.63, 3.8) is 0 Å². The van der Waals surface area contributed by atoms with E-state index in [1.165, 1.54) is 12.4 Å². The van der Waals surface area contributed by atoms with Gasteiger partial charge in [0, 0.05) is 30.3 Å². The third-order valence-corrected chi connectivity index (χ3v) is 5.18. The number of nitrogens with zero attached hydrogens (tertiary/aromatic N) is 4. The van der Waals surface area contributed by atoms with Gasteiger partial charge in [-0.3, -0.25) is 4.79 Å². The van der Waals surface area contributed by atoms with Crippen LogP contribution in [0.2, 0.25) is 10.0 Å². The van der Waals surface area contributed by atoms with Crippen LogP contribution in [0.5, 0.6) is 0 Å². The average Bonchev–Trinajstić information content (AvgIpc) is 3.10. The summed E-state index contributed by atoms with van der Waals surface area (Å²) in [5.74, 6) is -0.525. The van der Waals surface area contributed by atoms with Gasteiger partial charge in [-0.15, -0.1) is 0 Å². The SMILES string of the molecule is CCc1ncnn1Cc1cc(=O)c(C(=O)O)c(-c2ccc(Cl)c(Cl)c2)n1CC. The Morgan fingerprint density at radius 2 is 1.93 bits per heavy atom. The Morgan fingerprint density at radius 1 is 1.18 bits per heavy atom. The average molecular weight is 421 g/mol. The molecule has 0 aliphatic rings. The van der Waals surface area contributed by atoms with Crippen molar-refractivity contribution in [3.05, 3.63) is 67.9 Å². The Hall–Kier alpha value is -2.64. The second-order valence-corrected chi connectivity index (χ2v) is 6.90. The number of aromatic nitrogens is 4. The minimum absolute atomic E-state index is 0.278. The first kappa shape index (κ1) is 20.1. The van der Waals surface area contributed by atoms with Crippen LogP contribution in [0.4, 0.5) is 0 Å². The van der Waals surface area contributed by atoms with Crippen LogP contribution < -0.4 is 5.43 Å². The fraction of sp³-hybridized carbons (Fsp3) is 0.263. The molecule has 3 aromatic rings. The van der Waals surface area contributed by atoms with E-state index in [0.717, 1.165) is 5.82 Å². The van der Waals surface area contributed by atoms with E-state index < -0.39 is 11.4 Å². The molecule has 0 amide bonds. The fourth-order valence-electron chi connectivity index (χ4n) is 3.19. The Balaban J connectivity index is 2.29. The molecule has 0 saturated heterocycles. The number of hydrogen-bond donors (Lipinski definition) is 1. The van der Waals surface area contributed by atoms with Crippen LogP contribution in [-0.2, 0) is 19.5 Å². The molecule has 0 radical (unpaired) electrons. The Labute approximate surface area is 171 Å². The van der Waals surface area contributed by atoms with Crippen molar-refractivity contribution < 1.29 is 9.90 Å². The number of pyridine rings is 1. The summed E-state index contributed by atoms with van der Waals surface area (Å²) < 4.78 is 3.48. The molecule has 0 atom stereocenters. The van der Waals surface area contributed by atoms with Gasteiger partial charge in [0.2, 0.25) is 0 Å². The number of hydrogen-bond acceptors (Lipinski definition) is 4. The van der Waals surface area contributed by atoms with Crippen LogP contribution in [-0.4, -0.2) is 30.4 Å². The van der Waals surface area contributed by atoms with Crippen molar-refractivity contribution >= 4 is 29.2 Å². The molecule has 1 aromatic carbocycles. The number of carboxylic acids is 1. The lowest BCUT2D eigenvalue weighted by atomic mass is 10.0. The topological polar surface area (TPSA) is 90.0 Å². The van der Waals surface area contributed by atoms with E-state index >= 15 is 0 Å². The second kappa shape index (κ2) is 8.16. The summed E-state index contributed by atoms with van der Waals surface area (Å²) in [5.41, 5.74) is 0.527. The van der Waals surface area contributed by atoms with Gasteiger partial charge in [0.25, 0.3) is 0 Å². The van der Waals surface area contributed by atoms with Crippen molar-refractivity contribution in [2.45, 2.75) is 33.4 Å².